The van der Waals surface area contributed by atoms with E-state index >= 15 is 0 Å². The molecule has 14 heavy (non-hydrogen) atoms. The highest BCUT2D eigenvalue weighted by Gasteiger charge is 2.54. The van der Waals surface area contributed by atoms with Crippen molar-refractivity contribution < 1.29 is 4.79 Å². The molecule has 6 unspecified atom stereocenters. The summed E-state index contributed by atoms with van der Waals surface area (Å²) in [6, 6.07) is 0. The Labute approximate surface area is 86.3 Å². The van der Waals surface area contributed by atoms with Crippen molar-refractivity contribution in [2.75, 3.05) is 0 Å². The first-order valence-corrected chi connectivity index (χ1v) is 6.26. The van der Waals surface area contributed by atoms with Crippen molar-refractivity contribution in [3.8, 4) is 0 Å². The quantitative estimate of drug-likeness (QED) is 0.615. The van der Waals surface area contributed by atoms with E-state index in [2.05, 4.69) is 6.92 Å². The maximum absolute atomic E-state index is 10.9. The van der Waals surface area contributed by atoms with Crippen LogP contribution >= 0.6 is 0 Å². The summed E-state index contributed by atoms with van der Waals surface area (Å²) in [5.74, 6) is 5.08. The summed E-state index contributed by atoms with van der Waals surface area (Å²) >= 11 is 0. The number of fused-ring (bicyclic) bond motifs is 5. The van der Waals surface area contributed by atoms with Crippen LogP contribution in [-0.2, 0) is 4.79 Å². The minimum Gasteiger partial charge on any atom is -0.303 e. The standard InChI is InChI=1S/C13H20O/c1-8(7-14)12-5-9-6-13(12)11-4-2-3-10(9)11/h7-13H,2-6H2,1H3. The summed E-state index contributed by atoms with van der Waals surface area (Å²) in [5, 5.41) is 0. The maximum atomic E-state index is 10.9. The van der Waals surface area contributed by atoms with Gasteiger partial charge in [0.25, 0.3) is 0 Å². The van der Waals surface area contributed by atoms with Gasteiger partial charge < -0.3 is 4.79 Å². The molecule has 3 saturated carbocycles. The van der Waals surface area contributed by atoms with Gasteiger partial charge in [0.2, 0.25) is 0 Å². The van der Waals surface area contributed by atoms with Gasteiger partial charge in [-0.2, -0.15) is 0 Å². The van der Waals surface area contributed by atoms with Gasteiger partial charge in [0, 0.05) is 5.92 Å². The van der Waals surface area contributed by atoms with Crippen molar-refractivity contribution in [3.63, 3.8) is 0 Å². The predicted octanol–water partition coefficient (Wildman–Crippen LogP) is 2.89. The first-order chi connectivity index (χ1) is 6.81. The number of aldehydes is 1. The zero-order valence-electron chi connectivity index (χ0n) is 8.99. The van der Waals surface area contributed by atoms with Crippen molar-refractivity contribution >= 4 is 6.29 Å². The second kappa shape index (κ2) is 3.08. The number of carbonyl (C=O) groups is 1. The van der Waals surface area contributed by atoms with Gasteiger partial charge in [0.15, 0.2) is 0 Å². The fourth-order valence-electron chi connectivity index (χ4n) is 4.83. The molecule has 0 heterocycles. The molecule has 6 atom stereocenters. The van der Waals surface area contributed by atoms with E-state index in [-0.39, 0.29) is 0 Å². The van der Waals surface area contributed by atoms with E-state index in [4.69, 9.17) is 0 Å². The van der Waals surface area contributed by atoms with E-state index in [1.807, 2.05) is 0 Å². The largest absolute Gasteiger partial charge is 0.303 e. The normalized spacial score (nSPS) is 51.9. The molecule has 3 fully saturated rings. The monoisotopic (exact) mass is 192 g/mol. The molecule has 0 aliphatic heterocycles. The zero-order chi connectivity index (χ0) is 9.71. The molecule has 0 radical (unpaired) electrons. The van der Waals surface area contributed by atoms with E-state index in [1.165, 1.54) is 38.4 Å². The molecule has 3 rings (SSSR count). The lowest BCUT2D eigenvalue weighted by Gasteiger charge is -2.33. The van der Waals surface area contributed by atoms with Crippen LogP contribution in [0.15, 0.2) is 0 Å². The average molecular weight is 192 g/mol. The van der Waals surface area contributed by atoms with E-state index in [9.17, 15) is 4.79 Å². The Bertz CT molecular complexity index is 248. The van der Waals surface area contributed by atoms with Crippen LogP contribution in [-0.4, -0.2) is 6.29 Å². The smallest absolute Gasteiger partial charge is 0.123 e. The van der Waals surface area contributed by atoms with Crippen LogP contribution in [0.5, 0.6) is 0 Å². The molecule has 78 valence electrons. The van der Waals surface area contributed by atoms with Crippen LogP contribution in [0.25, 0.3) is 0 Å². The third-order valence-electron chi connectivity index (χ3n) is 5.37. The molecule has 0 N–H and O–H groups in total. The average Bonchev–Trinajstić information content (AvgIpc) is 2.86. The number of carbonyl (C=O) groups excluding carboxylic acids is 1. The lowest BCUT2D eigenvalue weighted by Crippen LogP contribution is -2.28. The Morgan fingerprint density at radius 2 is 1.93 bits per heavy atom. The summed E-state index contributed by atoms with van der Waals surface area (Å²) < 4.78 is 0. The highest BCUT2D eigenvalue weighted by atomic mass is 16.1. The van der Waals surface area contributed by atoms with Crippen molar-refractivity contribution in [3.05, 3.63) is 0 Å². The van der Waals surface area contributed by atoms with E-state index in [0.717, 1.165) is 29.6 Å². The second-order valence-corrected chi connectivity index (χ2v) is 5.81. The molecule has 3 aliphatic rings. The molecule has 3 aliphatic carbocycles. The van der Waals surface area contributed by atoms with Crippen LogP contribution in [0.2, 0.25) is 0 Å². The van der Waals surface area contributed by atoms with Gasteiger partial charge in [0.05, 0.1) is 0 Å². The second-order valence-electron chi connectivity index (χ2n) is 5.81. The molecule has 0 amide bonds. The fourth-order valence-corrected chi connectivity index (χ4v) is 4.83. The van der Waals surface area contributed by atoms with Crippen LogP contribution in [0, 0.1) is 35.5 Å². The van der Waals surface area contributed by atoms with Crippen LogP contribution < -0.4 is 0 Å². The molecule has 0 saturated heterocycles. The Morgan fingerprint density at radius 3 is 2.71 bits per heavy atom. The van der Waals surface area contributed by atoms with Gasteiger partial charge in [0.1, 0.15) is 6.29 Å². The van der Waals surface area contributed by atoms with Gasteiger partial charge in [-0.1, -0.05) is 13.3 Å². The van der Waals surface area contributed by atoms with Crippen molar-refractivity contribution in [1.29, 1.82) is 0 Å². The summed E-state index contributed by atoms with van der Waals surface area (Å²) in [7, 11) is 0. The Balaban J connectivity index is 1.79. The van der Waals surface area contributed by atoms with Crippen LogP contribution in [0.3, 0.4) is 0 Å². The van der Waals surface area contributed by atoms with E-state index < -0.39 is 0 Å². The number of rotatable bonds is 2. The lowest BCUT2D eigenvalue weighted by atomic mass is 9.72. The number of hydrogen-bond donors (Lipinski definition) is 0. The molecular weight excluding hydrogens is 172 g/mol. The summed E-state index contributed by atoms with van der Waals surface area (Å²) in [5.41, 5.74) is 0. The summed E-state index contributed by atoms with van der Waals surface area (Å²) in [6.07, 6.45) is 8.44. The molecule has 2 bridgehead atoms. The molecule has 0 aromatic rings. The Hall–Kier alpha value is -0.330. The molecule has 0 spiro atoms. The first kappa shape index (κ1) is 8.94. The minimum absolute atomic E-state index is 0.326. The molecule has 0 aromatic carbocycles. The van der Waals surface area contributed by atoms with E-state index in [1.54, 1.807) is 0 Å². The highest BCUT2D eigenvalue weighted by Crippen LogP contribution is 2.62. The van der Waals surface area contributed by atoms with Crippen LogP contribution in [0.1, 0.15) is 39.0 Å². The van der Waals surface area contributed by atoms with Gasteiger partial charge in [-0.15, -0.1) is 0 Å². The molecule has 1 heteroatoms. The maximum Gasteiger partial charge on any atom is 0.123 e. The summed E-state index contributed by atoms with van der Waals surface area (Å²) in [4.78, 5) is 10.9. The third-order valence-corrected chi connectivity index (χ3v) is 5.37. The van der Waals surface area contributed by atoms with Gasteiger partial charge in [-0.05, 0) is 55.3 Å². The minimum atomic E-state index is 0.326. The summed E-state index contributed by atoms with van der Waals surface area (Å²) in [6.45, 7) is 2.13. The molecule has 1 nitrogen and oxygen atoms in total. The molecular formula is C13H20O. The van der Waals surface area contributed by atoms with Crippen molar-refractivity contribution in [2.24, 2.45) is 35.5 Å². The number of hydrogen-bond acceptors (Lipinski definition) is 1. The first-order valence-electron chi connectivity index (χ1n) is 6.26. The van der Waals surface area contributed by atoms with Gasteiger partial charge in [-0.3, -0.25) is 0 Å². The molecule has 0 aromatic heterocycles. The van der Waals surface area contributed by atoms with Gasteiger partial charge in [-0.25, -0.2) is 0 Å². The topological polar surface area (TPSA) is 17.1 Å². The Kier molecular flexibility index (Phi) is 1.97. The van der Waals surface area contributed by atoms with Crippen molar-refractivity contribution in [1.82, 2.24) is 0 Å². The lowest BCUT2D eigenvalue weighted by molar-refractivity contribution is -0.112. The fraction of sp³-hybridized carbons (Fsp3) is 0.923. The zero-order valence-corrected chi connectivity index (χ0v) is 8.99. The predicted molar refractivity (Wildman–Crippen MR) is 55.8 cm³/mol. The highest BCUT2D eigenvalue weighted by molar-refractivity contribution is 5.53. The van der Waals surface area contributed by atoms with Crippen LogP contribution in [0.4, 0.5) is 0 Å². The third kappa shape index (κ3) is 1.04. The Morgan fingerprint density at radius 1 is 1.14 bits per heavy atom. The SMILES string of the molecule is CC(C=O)C1CC2CC1C1CCCC21. The van der Waals surface area contributed by atoms with Crippen molar-refractivity contribution in [2.45, 2.75) is 39.0 Å². The van der Waals surface area contributed by atoms with Gasteiger partial charge >= 0.3 is 0 Å². The van der Waals surface area contributed by atoms with E-state index in [0.29, 0.717) is 5.92 Å².